The molecule has 0 amide bonds. The van der Waals surface area contributed by atoms with E-state index >= 15 is 0 Å². The number of rotatable bonds is 1. The van der Waals surface area contributed by atoms with Crippen molar-refractivity contribution in [3.8, 4) is 0 Å². The normalized spacial score (nSPS) is 21.2. The maximum absolute atomic E-state index is 4.11. The van der Waals surface area contributed by atoms with Crippen LogP contribution in [0.15, 0.2) is 28.5 Å². The summed E-state index contributed by atoms with van der Waals surface area (Å²) in [6.45, 7) is 2.31. The van der Waals surface area contributed by atoms with E-state index in [1.165, 1.54) is 24.8 Å². The molecule has 1 aliphatic carbocycles. The SMILES string of the molecule is CC1(c2cccc3c2N=N[N]3)CCC1. The minimum Gasteiger partial charge on any atom is -0.128 e. The van der Waals surface area contributed by atoms with Crippen LogP contribution in [0.2, 0.25) is 0 Å². The third-order valence-corrected chi connectivity index (χ3v) is 3.42. The first-order chi connectivity index (χ1) is 6.80. The Labute approximate surface area is 83.2 Å². The summed E-state index contributed by atoms with van der Waals surface area (Å²) in [4.78, 5) is 0. The van der Waals surface area contributed by atoms with E-state index in [2.05, 4.69) is 34.8 Å². The molecule has 1 radical (unpaired) electrons. The number of fused-ring (bicyclic) bond motifs is 1. The molecule has 1 aromatic carbocycles. The lowest BCUT2D eigenvalue weighted by Gasteiger charge is -2.39. The van der Waals surface area contributed by atoms with Gasteiger partial charge in [0.15, 0.2) is 0 Å². The van der Waals surface area contributed by atoms with Gasteiger partial charge in [-0.1, -0.05) is 25.5 Å². The van der Waals surface area contributed by atoms with E-state index in [4.69, 9.17) is 0 Å². The zero-order valence-corrected chi connectivity index (χ0v) is 8.20. The van der Waals surface area contributed by atoms with Crippen LogP contribution in [0, 0.1) is 0 Å². The first-order valence-electron chi connectivity index (χ1n) is 5.05. The van der Waals surface area contributed by atoms with Gasteiger partial charge in [-0.05, 0) is 35.1 Å². The first kappa shape index (κ1) is 7.97. The van der Waals surface area contributed by atoms with Crippen LogP contribution in [0.5, 0.6) is 0 Å². The summed E-state index contributed by atoms with van der Waals surface area (Å²) in [5, 5.41) is 7.84. The van der Waals surface area contributed by atoms with Crippen molar-refractivity contribution in [1.82, 2.24) is 5.43 Å². The summed E-state index contributed by atoms with van der Waals surface area (Å²) in [6, 6.07) is 6.19. The fourth-order valence-corrected chi connectivity index (χ4v) is 2.30. The van der Waals surface area contributed by atoms with Gasteiger partial charge in [0.25, 0.3) is 0 Å². The van der Waals surface area contributed by atoms with E-state index in [0.29, 0.717) is 5.41 Å². The molecule has 1 fully saturated rings. The topological polar surface area (TPSA) is 38.8 Å². The average Bonchev–Trinajstić information content (AvgIpc) is 2.61. The van der Waals surface area contributed by atoms with E-state index in [-0.39, 0.29) is 0 Å². The zero-order chi connectivity index (χ0) is 9.60. The Hall–Kier alpha value is -1.38. The summed E-state index contributed by atoms with van der Waals surface area (Å²) in [5.74, 6) is 0. The fourth-order valence-electron chi connectivity index (χ4n) is 2.30. The predicted octanol–water partition coefficient (Wildman–Crippen LogP) is 3.38. The second kappa shape index (κ2) is 2.56. The molecule has 0 aromatic heterocycles. The lowest BCUT2D eigenvalue weighted by Crippen LogP contribution is -2.30. The van der Waals surface area contributed by atoms with Gasteiger partial charge in [0, 0.05) is 0 Å². The summed E-state index contributed by atoms with van der Waals surface area (Å²) in [7, 11) is 0. The fraction of sp³-hybridized carbons (Fsp3) is 0.455. The molecule has 0 unspecified atom stereocenters. The number of benzene rings is 1. The van der Waals surface area contributed by atoms with Crippen molar-refractivity contribution in [3.63, 3.8) is 0 Å². The van der Waals surface area contributed by atoms with Gasteiger partial charge < -0.3 is 0 Å². The maximum atomic E-state index is 4.11. The van der Waals surface area contributed by atoms with E-state index < -0.39 is 0 Å². The molecule has 0 N–H and O–H groups in total. The average molecular weight is 186 g/mol. The first-order valence-corrected chi connectivity index (χ1v) is 5.05. The molecule has 3 heteroatoms. The van der Waals surface area contributed by atoms with Crippen LogP contribution in [-0.2, 0) is 5.41 Å². The van der Waals surface area contributed by atoms with Crippen LogP contribution in [0.1, 0.15) is 31.7 Å². The molecule has 0 saturated heterocycles. The van der Waals surface area contributed by atoms with Gasteiger partial charge in [0.2, 0.25) is 0 Å². The second-order valence-electron chi connectivity index (χ2n) is 4.38. The molecule has 3 nitrogen and oxygen atoms in total. The van der Waals surface area contributed by atoms with Crippen LogP contribution >= 0.6 is 0 Å². The van der Waals surface area contributed by atoms with Crippen LogP contribution in [0.25, 0.3) is 0 Å². The van der Waals surface area contributed by atoms with E-state index in [1.807, 2.05) is 6.07 Å². The molecule has 1 heterocycles. The highest BCUT2D eigenvalue weighted by Gasteiger charge is 2.36. The molecule has 1 saturated carbocycles. The van der Waals surface area contributed by atoms with E-state index in [9.17, 15) is 0 Å². The summed E-state index contributed by atoms with van der Waals surface area (Å²) in [5.41, 5.74) is 7.56. The van der Waals surface area contributed by atoms with Gasteiger partial charge >= 0.3 is 0 Å². The van der Waals surface area contributed by atoms with Gasteiger partial charge in [0.05, 0.1) is 0 Å². The lowest BCUT2D eigenvalue weighted by molar-refractivity contribution is 0.273. The van der Waals surface area contributed by atoms with Gasteiger partial charge in [0.1, 0.15) is 11.4 Å². The molecule has 1 aromatic rings. The highest BCUT2D eigenvalue weighted by Crippen LogP contribution is 2.49. The minimum atomic E-state index is 0.324. The largest absolute Gasteiger partial charge is 0.128 e. The molecule has 3 rings (SSSR count). The molecule has 0 spiro atoms. The zero-order valence-electron chi connectivity index (χ0n) is 8.20. The summed E-state index contributed by atoms with van der Waals surface area (Å²) in [6.07, 6.45) is 3.85. The van der Waals surface area contributed by atoms with Crippen molar-refractivity contribution in [1.29, 1.82) is 0 Å². The van der Waals surface area contributed by atoms with Crippen LogP contribution in [0.3, 0.4) is 0 Å². The third kappa shape index (κ3) is 0.924. The predicted molar refractivity (Wildman–Crippen MR) is 54.0 cm³/mol. The quantitative estimate of drug-likeness (QED) is 0.645. The number of hydrogen-bond donors (Lipinski definition) is 0. The Morgan fingerprint density at radius 1 is 1.29 bits per heavy atom. The molecular weight excluding hydrogens is 174 g/mol. The molecule has 2 aliphatic rings. The standard InChI is InChI=1S/C11H12N3/c1-11(6-3-7-11)8-4-2-5-9-10(8)13-14-12-9/h2,4-5H,3,6-7H2,1H3. The number of hydrogen-bond acceptors (Lipinski definition) is 2. The van der Waals surface area contributed by atoms with Crippen LogP contribution < -0.4 is 5.43 Å². The van der Waals surface area contributed by atoms with Gasteiger partial charge in [-0.3, -0.25) is 0 Å². The van der Waals surface area contributed by atoms with Crippen molar-refractivity contribution < 1.29 is 0 Å². The highest BCUT2D eigenvalue weighted by atomic mass is 15.5. The van der Waals surface area contributed by atoms with E-state index in [0.717, 1.165) is 11.4 Å². The van der Waals surface area contributed by atoms with Gasteiger partial charge in [-0.2, -0.15) is 0 Å². The minimum absolute atomic E-state index is 0.324. The van der Waals surface area contributed by atoms with Crippen LogP contribution in [0.4, 0.5) is 11.4 Å². The Bertz CT molecular complexity index is 405. The van der Waals surface area contributed by atoms with Gasteiger partial charge in [-0.15, -0.1) is 10.5 Å². The summed E-state index contributed by atoms with van der Waals surface area (Å²) < 4.78 is 0. The lowest BCUT2D eigenvalue weighted by atomic mass is 9.65. The Morgan fingerprint density at radius 2 is 2.14 bits per heavy atom. The van der Waals surface area contributed by atoms with Crippen molar-refractivity contribution >= 4 is 11.4 Å². The Morgan fingerprint density at radius 3 is 2.86 bits per heavy atom. The van der Waals surface area contributed by atoms with E-state index in [1.54, 1.807) is 0 Å². The Balaban J connectivity index is 2.14. The Kier molecular flexibility index (Phi) is 1.46. The monoisotopic (exact) mass is 186 g/mol. The second-order valence-corrected chi connectivity index (χ2v) is 4.38. The third-order valence-electron chi connectivity index (χ3n) is 3.42. The molecule has 1 aliphatic heterocycles. The smallest absolute Gasteiger partial charge is 0.119 e. The molecule has 14 heavy (non-hydrogen) atoms. The van der Waals surface area contributed by atoms with Crippen molar-refractivity contribution in [2.75, 3.05) is 0 Å². The summed E-state index contributed by atoms with van der Waals surface area (Å²) >= 11 is 0. The van der Waals surface area contributed by atoms with Crippen LogP contribution in [-0.4, -0.2) is 0 Å². The molecule has 0 atom stereocenters. The van der Waals surface area contributed by atoms with Crippen molar-refractivity contribution in [2.45, 2.75) is 31.6 Å². The highest BCUT2D eigenvalue weighted by molar-refractivity contribution is 5.68. The van der Waals surface area contributed by atoms with Crippen molar-refractivity contribution in [3.05, 3.63) is 23.8 Å². The maximum Gasteiger partial charge on any atom is 0.119 e. The molecule has 71 valence electrons. The molecular formula is C11H12N3. The van der Waals surface area contributed by atoms with Gasteiger partial charge in [-0.25, -0.2) is 0 Å². The number of nitrogens with zero attached hydrogens (tertiary/aromatic N) is 3. The van der Waals surface area contributed by atoms with Crippen molar-refractivity contribution in [2.24, 2.45) is 10.3 Å². The molecule has 0 bridgehead atoms.